The van der Waals surface area contributed by atoms with Gasteiger partial charge in [0.1, 0.15) is 11.6 Å². The van der Waals surface area contributed by atoms with Gasteiger partial charge in [0.25, 0.3) is 11.5 Å². The molecule has 0 radical (unpaired) electrons. The molecule has 0 aliphatic rings. The summed E-state index contributed by atoms with van der Waals surface area (Å²) in [7, 11) is 0. The van der Waals surface area contributed by atoms with E-state index in [4.69, 9.17) is 23.2 Å². The first-order valence-corrected chi connectivity index (χ1v) is 9.78. The van der Waals surface area contributed by atoms with Crippen LogP contribution in [0.25, 0.3) is 5.69 Å². The first-order valence-electron chi connectivity index (χ1n) is 9.03. The number of hydrogen-bond donors (Lipinski definition) is 1. The normalized spacial score (nSPS) is 11.4. The second kappa shape index (κ2) is 9.44. The van der Waals surface area contributed by atoms with Crippen LogP contribution in [0.5, 0.6) is 0 Å². The Labute approximate surface area is 194 Å². The van der Waals surface area contributed by atoms with E-state index in [1.54, 1.807) is 18.2 Å². The van der Waals surface area contributed by atoms with E-state index in [0.29, 0.717) is 21.3 Å². The molecule has 33 heavy (non-hydrogen) atoms. The summed E-state index contributed by atoms with van der Waals surface area (Å²) < 4.78 is 39.8. The number of amides is 1. The van der Waals surface area contributed by atoms with E-state index in [0.717, 1.165) is 12.1 Å². The molecule has 1 amide bonds. The van der Waals surface area contributed by atoms with Gasteiger partial charge in [-0.15, -0.1) is 0 Å². The summed E-state index contributed by atoms with van der Waals surface area (Å²) in [6.07, 6.45) is -3.43. The monoisotopic (exact) mass is 493 g/mol. The van der Waals surface area contributed by atoms with Crippen LogP contribution in [0.15, 0.2) is 52.4 Å². The molecule has 7 nitrogen and oxygen atoms in total. The van der Waals surface area contributed by atoms with Gasteiger partial charge in [-0.3, -0.25) is 9.59 Å². The predicted octanol–water partition coefficient (Wildman–Crippen LogP) is 4.50. The van der Waals surface area contributed by atoms with Crippen molar-refractivity contribution in [1.29, 1.82) is 5.26 Å². The number of nitrogens with one attached hydrogen (secondary N) is 1. The standard InChI is InChI=1S/C21H12Cl2F3N5O2/c1-11-16(9-27)20(33)31(15-4-2-3-13(7-15)21(24,25)26)30-18(11)19(32)29-28-10-12-5-6-14(22)8-17(12)23/h2-8,10H,1H3,(H,29,32)/b28-10+. The van der Waals surface area contributed by atoms with Crippen LogP contribution in [0.2, 0.25) is 10.0 Å². The Balaban J connectivity index is 2.01. The predicted molar refractivity (Wildman–Crippen MR) is 116 cm³/mol. The van der Waals surface area contributed by atoms with E-state index in [9.17, 15) is 28.0 Å². The smallest absolute Gasteiger partial charge is 0.266 e. The first kappa shape index (κ1) is 24.0. The average Bonchev–Trinajstić information content (AvgIpc) is 2.75. The number of nitrogens with zero attached hydrogens (tertiary/aromatic N) is 4. The van der Waals surface area contributed by atoms with Crippen LogP contribution in [0.1, 0.15) is 32.7 Å². The Bertz CT molecular complexity index is 1380. The Kier molecular flexibility index (Phi) is 6.86. The number of hydrazone groups is 1. The highest BCUT2D eigenvalue weighted by Crippen LogP contribution is 2.30. The lowest BCUT2D eigenvalue weighted by Gasteiger charge is -2.12. The molecule has 0 unspecified atom stereocenters. The third kappa shape index (κ3) is 5.22. The zero-order valence-electron chi connectivity index (χ0n) is 16.6. The SMILES string of the molecule is Cc1c(C(=O)N/N=C/c2ccc(Cl)cc2Cl)nn(-c2cccc(C(F)(F)F)c2)c(=O)c1C#N. The fraction of sp³-hybridized carbons (Fsp3) is 0.0952. The number of nitriles is 1. The van der Waals surface area contributed by atoms with E-state index in [1.165, 1.54) is 25.3 Å². The van der Waals surface area contributed by atoms with Crippen LogP contribution in [0.3, 0.4) is 0 Å². The summed E-state index contributed by atoms with van der Waals surface area (Å²) in [5.41, 5.74) is -0.505. The maximum atomic E-state index is 13.1. The van der Waals surface area contributed by atoms with Crippen LogP contribution in [-0.4, -0.2) is 21.9 Å². The van der Waals surface area contributed by atoms with E-state index >= 15 is 0 Å². The molecule has 3 aromatic rings. The number of hydrogen-bond acceptors (Lipinski definition) is 5. The van der Waals surface area contributed by atoms with E-state index < -0.39 is 28.8 Å². The lowest BCUT2D eigenvalue weighted by Crippen LogP contribution is -2.31. The minimum Gasteiger partial charge on any atom is -0.266 e. The molecule has 0 spiro atoms. The molecule has 0 saturated carbocycles. The molecule has 1 heterocycles. The highest BCUT2D eigenvalue weighted by Gasteiger charge is 2.31. The quantitative estimate of drug-likeness (QED) is 0.427. The molecule has 0 saturated heterocycles. The number of alkyl halides is 3. The van der Waals surface area contributed by atoms with Gasteiger partial charge in [-0.25, -0.2) is 5.43 Å². The lowest BCUT2D eigenvalue weighted by atomic mass is 10.1. The van der Waals surface area contributed by atoms with Gasteiger partial charge in [0, 0.05) is 16.1 Å². The topological polar surface area (TPSA) is 100 Å². The summed E-state index contributed by atoms with van der Waals surface area (Å²) >= 11 is 11.8. The van der Waals surface area contributed by atoms with Crippen molar-refractivity contribution in [2.75, 3.05) is 0 Å². The van der Waals surface area contributed by atoms with Crippen LogP contribution in [0.4, 0.5) is 13.2 Å². The summed E-state index contributed by atoms with van der Waals surface area (Å²) in [6.45, 7) is 1.32. The van der Waals surface area contributed by atoms with Gasteiger partial charge in [-0.1, -0.05) is 35.3 Å². The van der Waals surface area contributed by atoms with Crippen molar-refractivity contribution in [3.8, 4) is 11.8 Å². The number of aromatic nitrogens is 2. The number of carbonyl (C=O) groups excluding carboxylic acids is 1. The third-order valence-corrected chi connectivity index (χ3v) is 4.98. The molecule has 2 aromatic carbocycles. The van der Waals surface area contributed by atoms with E-state index in [1.807, 2.05) is 0 Å². The van der Waals surface area contributed by atoms with Crippen molar-refractivity contribution in [3.05, 3.63) is 90.8 Å². The van der Waals surface area contributed by atoms with Crippen LogP contribution in [-0.2, 0) is 6.18 Å². The van der Waals surface area contributed by atoms with Crippen molar-refractivity contribution >= 4 is 35.3 Å². The Hall–Kier alpha value is -3.68. The van der Waals surface area contributed by atoms with Crippen molar-refractivity contribution < 1.29 is 18.0 Å². The summed E-state index contributed by atoms with van der Waals surface area (Å²) in [5.74, 6) is -0.897. The minimum atomic E-state index is -4.67. The van der Waals surface area contributed by atoms with Crippen molar-refractivity contribution in [1.82, 2.24) is 15.2 Å². The van der Waals surface area contributed by atoms with Crippen LogP contribution in [0, 0.1) is 18.3 Å². The molecule has 0 bridgehead atoms. The highest BCUT2D eigenvalue weighted by molar-refractivity contribution is 6.36. The summed E-state index contributed by atoms with van der Waals surface area (Å²) in [6, 6.07) is 10.0. The molecule has 0 aliphatic carbocycles. The van der Waals surface area contributed by atoms with E-state index in [2.05, 4.69) is 15.6 Å². The Morgan fingerprint density at radius 3 is 2.61 bits per heavy atom. The van der Waals surface area contributed by atoms with Gasteiger partial charge in [-0.2, -0.15) is 33.3 Å². The van der Waals surface area contributed by atoms with E-state index in [-0.39, 0.29) is 22.0 Å². The fourth-order valence-electron chi connectivity index (χ4n) is 2.76. The molecular weight excluding hydrogens is 482 g/mol. The second-order valence-electron chi connectivity index (χ2n) is 6.59. The maximum absolute atomic E-state index is 13.1. The highest BCUT2D eigenvalue weighted by atomic mass is 35.5. The van der Waals surface area contributed by atoms with Gasteiger partial charge in [0.2, 0.25) is 0 Å². The average molecular weight is 494 g/mol. The number of halogens is 5. The Morgan fingerprint density at radius 1 is 1.24 bits per heavy atom. The zero-order chi connectivity index (χ0) is 24.3. The molecule has 1 aromatic heterocycles. The molecular formula is C21H12Cl2F3N5O2. The first-order chi connectivity index (χ1) is 15.5. The van der Waals surface area contributed by atoms with Crippen LogP contribution >= 0.6 is 23.2 Å². The van der Waals surface area contributed by atoms with Gasteiger partial charge in [-0.05, 0) is 37.3 Å². The summed E-state index contributed by atoms with van der Waals surface area (Å²) in [5, 5.41) is 17.7. The molecule has 0 fully saturated rings. The van der Waals surface area contributed by atoms with Gasteiger partial charge < -0.3 is 0 Å². The lowest BCUT2D eigenvalue weighted by molar-refractivity contribution is -0.137. The maximum Gasteiger partial charge on any atom is 0.416 e. The molecule has 0 atom stereocenters. The molecule has 168 valence electrons. The van der Waals surface area contributed by atoms with Crippen molar-refractivity contribution in [2.45, 2.75) is 13.1 Å². The third-order valence-electron chi connectivity index (χ3n) is 4.41. The molecule has 0 aliphatic heterocycles. The Morgan fingerprint density at radius 2 is 1.97 bits per heavy atom. The van der Waals surface area contributed by atoms with Crippen molar-refractivity contribution in [3.63, 3.8) is 0 Å². The zero-order valence-corrected chi connectivity index (χ0v) is 18.1. The minimum absolute atomic E-state index is 0.0528. The second-order valence-corrected chi connectivity index (χ2v) is 7.43. The van der Waals surface area contributed by atoms with Crippen LogP contribution < -0.4 is 11.0 Å². The summed E-state index contributed by atoms with van der Waals surface area (Å²) in [4.78, 5) is 25.3. The fourth-order valence-corrected chi connectivity index (χ4v) is 3.22. The molecule has 12 heteroatoms. The number of rotatable bonds is 4. The molecule has 3 rings (SSSR count). The van der Waals surface area contributed by atoms with Gasteiger partial charge in [0.15, 0.2) is 5.69 Å². The molecule has 1 N–H and O–H groups in total. The number of carbonyl (C=O) groups is 1. The van der Waals surface area contributed by atoms with Gasteiger partial charge >= 0.3 is 6.18 Å². The van der Waals surface area contributed by atoms with Crippen molar-refractivity contribution in [2.24, 2.45) is 5.10 Å². The largest absolute Gasteiger partial charge is 0.416 e. The van der Waals surface area contributed by atoms with Gasteiger partial charge in [0.05, 0.1) is 22.5 Å². The number of benzene rings is 2.